The van der Waals surface area contributed by atoms with Crippen molar-refractivity contribution in [1.82, 2.24) is 4.98 Å². The molecule has 0 aliphatic rings. The molecule has 0 fully saturated rings. The summed E-state index contributed by atoms with van der Waals surface area (Å²) in [4.78, 5) is 12.4. The smallest absolute Gasteiger partial charge is 0.358 e. The van der Waals surface area contributed by atoms with Crippen LogP contribution in [0.5, 0.6) is 0 Å². The van der Waals surface area contributed by atoms with Crippen molar-refractivity contribution in [1.29, 1.82) is 0 Å². The Bertz CT molecular complexity index is 419. The molecule has 0 saturated heterocycles. The predicted molar refractivity (Wildman–Crippen MR) is 45.6 cm³/mol. The molecule has 1 aromatic heterocycles. The van der Waals surface area contributed by atoms with Gasteiger partial charge in [0, 0.05) is 0 Å². The summed E-state index contributed by atoms with van der Waals surface area (Å²) in [5.74, 6) is -0.776. The molecule has 1 heterocycles. The minimum Gasteiger partial charge on any atom is -0.358 e. The van der Waals surface area contributed by atoms with Crippen LogP contribution in [0.3, 0.4) is 0 Å². The lowest BCUT2D eigenvalue weighted by Gasteiger charge is -2.08. The highest BCUT2D eigenvalue weighted by Crippen LogP contribution is 2.36. The summed E-state index contributed by atoms with van der Waals surface area (Å²) in [6, 6.07) is 0. The molecule has 0 bridgehead atoms. The standard InChI is InChI=1S/C7H4ClF3N2O2/c1-3-4(7(9,10)11)2-12-6(5(3)8)13(14)15/h2H,1H3. The van der Waals surface area contributed by atoms with E-state index in [-0.39, 0.29) is 0 Å². The lowest BCUT2D eigenvalue weighted by molar-refractivity contribution is -0.389. The molecule has 0 saturated carbocycles. The molecule has 0 atom stereocenters. The number of nitro groups is 1. The Labute approximate surface area is 86.8 Å². The zero-order chi connectivity index (χ0) is 11.8. The van der Waals surface area contributed by atoms with Gasteiger partial charge in [-0.05, 0) is 22.4 Å². The first-order valence-corrected chi connectivity index (χ1v) is 3.99. The fourth-order valence-electron chi connectivity index (χ4n) is 0.978. The molecule has 8 heteroatoms. The third-order valence-electron chi connectivity index (χ3n) is 1.72. The van der Waals surface area contributed by atoms with Gasteiger partial charge in [0.1, 0.15) is 10.6 Å². The summed E-state index contributed by atoms with van der Waals surface area (Å²) in [5, 5.41) is 9.72. The SMILES string of the molecule is Cc1c(C(F)(F)F)cnc([N+](=O)[O-])c1Cl. The Morgan fingerprint density at radius 2 is 2.07 bits per heavy atom. The number of nitrogens with zero attached hydrogens (tertiary/aromatic N) is 2. The van der Waals surface area contributed by atoms with Crippen molar-refractivity contribution >= 4 is 17.4 Å². The lowest BCUT2D eigenvalue weighted by atomic mass is 10.1. The molecule has 0 aromatic carbocycles. The van der Waals surface area contributed by atoms with Gasteiger partial charge in [0.15, 0.2) is 6.20 Å². The van der Waals surface area contributed by atoms with Gasteiger partial charge in [-0.3, -0.25) is 0 Å². The highest BCUT2D eigenvalue weighted by molar-refractivity contribution is 6.33. The molecule has 15 heavy (non-hydrogen) atoms. The summed E-state index contributed by atoms with van der Waals surface area (Å²) in [6.07, 6.45) is -4.21. The van der Waals surface area contributed by atoms with Crippen LogP contribution >= 0.6 is 11.6 Å². The van der Waals surface area contributed by atoms with Gasteiger partial charge in [-0.1, -0.05) is 11.6 Å². The van der Waals surface area contributed by atoms with Gasteiger partial charge < -0.3 is 10.1 Å². The number of alkyl halides is 3. The summed E-state index contributed by atoms with van der Waals surface area (Å²) in [7, 11) is 0. The summed E-state index contributed by atoms with van der Waals surface area (Å²) >= 11 is 5.40. The van der Waals surface area contributed by atoms with Crippen molar-refractivity contribution in [3.05, 3.63) is 32.5 Å². The topological polar surface area (TPSA) is 56.0 Å². The molecule has 0 unspecified atom stereocenters. The van der Waals surface area contributed by atoms with Gasteiger partial charge in [0.05, 0.1) is 0 Å². The van der Waals surface area contributed by atoms with E-state index in [2.05, 4.69) is 4.98 Å². The van der Waals surface area contributed by atoms with E-state index < -0.39 is 33.1 Å². The van der Waals surface area contributed by atoms with E-state index in [1.54, 1.807) is 0 Å². The van der Waals surface area contributed by atoms with Gasteiger partial charge in [-0.25, -0.2) is 0 Å². The molecule has 0 aliphatic heterocycles. The number of pyridine rings is 1. The Kier molecular flexibility index (Phi) is 2.85. The third-order valence-corrected chi connectivity index (χ3v) is 2.18. The second kappa shape index (κ2) is 3.65. The average molecular weight is 241 g/mol. The van der Waals surface area contributed by atoms with E-state index in [0.717, 1.165) is 6.92 Å². The highest BCUT2D eigenvalue weighted by atomic mass is 35.5. The van der Waals surface area contributed by atoms with Gasteiger partial charge in [0.2, 0.25) is 0 Å². The van der Waals surface area contributed by atoms with Crippen LogP contribution in [0.25, 0.3) is 0 Å². The second-order valence-electron chi connectivity index (χ2n) is 2.69. The highest BCUT2D eigenvalue weighted by Gasteiger charge is 2.36. The second-order valence-corrected chi connectivity index (χ2v) is 3.07. The molecule has 1 aromatic rings. The van der Waals surface area contributed by atoms with E-state index in [1.807, 2.05) is 0 Å². The Morgan fingerprint density at radius 1 is 1.53 bits per heavy atom. The molecule has 0 radical (unpaired) electrons. The Hall–Kier alpha value is -1.37. The molecule has 82 valence electrons. The maximum absolute atomic E-state index is 12.3. The average Bonchev–Trinajstić information content (AvgIpc) is 2.06. The van der Waals surface area contributed by atoms with Crippen molar-refractivity contribution < 1.29 is 18.1 Å². The zero-order valence-corrected chi connectivity index (χ0v) is 8.06. The first-order chi connectivity index (χ1) is 6.75. The molecule has 0 amide bonds. The van der Waals surface area contributed by atoms with E-state index in [1.165, 1.54) is 0 Å². The maximum atomic E-state index is 12.3. The molecule has 4 nitrogen and oxygen atoms in total. The molecular weight excluding hydrogens is 237 g/mol. The first-order valence-electron chi connectivity index (χ1n) is 3.62. The summed E-state index contributed by atoms with van der Waals surface area (Å²) in [5.41, 5.74) is -1.47. The van der Waals surface area contributed by atoms with Crippen LogP contribution < -0.4 is 0 Å². The van der Waals surface area contributed by atoms with E-state index in [9.17, 15) is 23.3 Å². The van der Waals surface area contributed by atoms with Crippen molar-refractivity contribution in [2.75, 3.05) is 0 Å². The van der Waals surface area contributed by atoms with Crippen LogP contribution in [-0.2, 0) is 6.18 Å². The zero-order valence-electron chi connectivity index (χ0n) is 7.30. The lowest BCUT2D eigenvalue weighted by Crippen LogP contribution is -2.09. The molecule has 1 rings (SSSR count). The van der Waals surface area contributed by atoms with Crippen molar-refractivity contribution in [2.45, 2.75) is 13.1 Å². The van der Waals surface area contributed by atoms with Crippen molar-refractivity contribution in [2.24, 2.45) is 0 Å². The summed E-state index contributed by atoms with van der Waals surface area (Å²) < 4.78 is 36.9. The van der Waals surface area contributed by atoms with Crippen LogP contribution in [-0.4, -0.2) is 9.91 Å². The summed E-state index contributed by atoms with van der Waals surface area (Å²) in [6.45, 7) is 1.06. The number of hydrogen-bond acceptors (Lipinski definition) is 3. The van der Waals surface area contributed by atoms with Gasteiger partial charge >= 0.3 is 12.0 Å². The van der Waals surface area contributed by atoms with E-state index in [0.29, 0.717) is 6.20 Å². The largest absolute Gasteiger partial charge is 0.420 e. The quantitative estimate of drug-likeness (QED) is 0.560. The Balaban J connectivity index is 3.41. The fraction of sp³-hybridized carbons (Fsp3) is 0.286. The molecule has 0 spiro atoms. The number of aromatic nitrogens is 1. The molecule has 0 N–H and O–H groups in total. The fourth-order valence-corrected chi connectivity index (χ4v) is 1.20. The minimum atomic E-state index is -4.62. The van der Waals surface area contributed by atoms with E-state index in [4.69, 9.17) is 11.6 Å². The van der Waals surface area contributed by atoms with Gasteiger partial charge in [0.25, 0.3) is 0 Å². The van der Waals surface area contributed by atoms with Crippen LogP contribution in [0.2, 0.25) is 5.02 Å². The maximum Gasteiger partial charge on any atom is 0.420 e. The van der Waals surface area contributed by atoms with Gasteiger partial charge in [-0.2, -0.15) is 13.2 Å². The molecular formula is C7H4ClF3N2O2. The minimum absolute atomic E-state index is 0.397. The van der Waals surface area contributed by atoms with Crippen LogP contribution in [0.1, 0.15) is 11.1 Å². The van der Waals surface area contributed by atoms with Crippen molar-refractivity contribution in [3.8, 4) is 0 Å². The van der Waals surface area contributed by atoms with Crippen LogP contribution in [0.15, 0.2) is 6.20 Å². The van der Waals surface area contributed by atoms with Crippen LogP contribution in [0, 0.1) is 17.0 Å². The van der Waals surface area contributed by atoms with Crippen molar-refractivity contribution in [3.63, 3.8) is 0 Å². The Morgan fingerprint density at radius 3 is 2.47 bits per heavy atom. The van der Waals surface area contributed by atoms with Crippen LogP contribution in [0.4, 0.5) is 19.0 Å². The monoisotopic (exact) mass is 240 g/mol. The normalized spacial score (nSPS) is 11.5. The molecule has 0 aliphatic carbocycles. The third kappa shape index (κ3) is 2.17. The van der Waals surface area contributed by atoms with E-state index >= 15 is 0 Å². The predicted octanol–water partition coefficient (Wildman–Crippen LogP) is 2.97. The number of rotatable bonds is 1. The first kappa shape index (κ1) is 11.7. The van der Waals surface area contributed by atoms with Gasteiger partial charge in [-0.15, -0.1) is 0 Å². The number of hydrogen-bond donors (Lipinski definition) is 0. The number of halogens is 4.